The van der Waals surface area contributed by atoms with Gasteiger partial charge in [0.25, 0.3) is 0 Å². The van der Waals surface area contributed by atoms with Crippen molar-refractivity contribution in [2.75, 3.05) is 33.3 Å². The van der Waals surface area contributed by atoms with Crippen LogP contribution in [0.2, 0.25) is 0 Å². The second kappa shape index (κ2) is 8.73. The molecule has 0 saturated carbocycles. The molecule has 0 amide bonds. The lowest BCUT2D eigenvalue weighted by atomic mass is 10.0. The second-order valence-corrected chi connectivity index (χ2v) is 7.03. The predicted octanol–water partition coefficient (Wildman–Crippen LogP) is 2.95. The van der Waals surface area contributed by atoms with E-state index in [9.17, 15) is 0 Å². The van der Waals surface area contributed by atoms with Gasteiger partial charge in [-0.05, 0) is 17.2 Å². The average molecular weight is 372 g/mol. The lowest BCUT2D eigenvalue weighted by molar-refractivity contribution is 0.300. The first-order valence-electron chi connectivity index (χ1n) is 9.54. The molecule has 0 saturated heterocycles. The molecular formula is C23H24N4O. The van der Waals surface area contributed by atoms with Crippen LogP contribution in [0.3, 0.4) is 0 Å². The van der Waals surface area contributed by atoms with Crippen LogP contribution in [0.25, 0.3) is 0 Å². The van der Waals surface area contributed by atoms with E-state index < -0.39 is 0 Å². The summed E-state index contributed by atoms with van der Waals surface area (Å²) in [6, 6.07) is 14.3. The van der Waals surface area contributed by atoms with Crippen LogP contribution in [-0.2, 0) is 6.54 Å². The van der Waals surface area contributed by atoms with Gasteiger partial charge >= 0.3 is 0 Å². The predicted molar refractivity (Wildman–Crippen MR) is 111 cm³/mol. The Morgan fingerprint density at radius 3 is 2.89 bits per heavy atom. The number of methoxy groups -OCH3 is 1. The third-order valence-electron chi connectivity index (χ3n) is 4.97. The van der Waals surface area contributed by atoms with Gasteiger partial charge in [-0.2, -0.15) is 0 Å². The van der Waals surface area contributed by atoms with Crippen molar-refractivity contribution in [3.63, 3.8) is 0 Å². The molecule has 3 heterocycles. The minimum atomic E-state index is 0.596. The zero-order chi connectivity index (χ0) is 19.2. The van der Waals surface area contributed by atoms with Crippen molar-refractivity contribution in [3.8, 4) is 17.7 Å². The maximum atomic E-state index is 5.15. The second-order valence-electron chi connectivity index (χ2n) is 7.03. The van der Waals surface area contributed by atoms with Crippen molar-refractivity contribution in [2.45, 2.75) is 13.0 Å². The molecule has 0 fully saturated rings. The molecule has 142 valence electrons. The largest absolute Gasteiger partial charge is 0.481 e. The van der Waals surface area contributed by atoms with Crippen molar-refractivity contribution in [1.82, 2.24) is 14.8 Å². The molecule has 0 unspecified atom stereocenters. The lowest BCUT2D eigenvalue weighted by Crippen LogP contribution is -2.38. The Morgan fingerprint density at radius 2 is 2.04 bits per heavy atom. The van der Waals surface area contributed by atoms with Crippen molar-refractivity contribution >= 4 is 6.34 Å². The smallest absolute Gasteiger partial charge is 0.214 e. The van der Waals surface area contributed by atoms with Crippen LogP contribution in [0, 0.1) is 11.8 Å². The molecule has 1 aromatic heterocycles. The van der Waals surface area contributed by atoms with Gasteiger partial charge in [-0.25, -0.2) is 9.98 Å². The van der Waals surface area contributed by atoms with Crippen LogP contribution in [0.4, 0.5) is 0 Å². The normalized spacial score (nSPS) is 16.4. The Balaban J connectivity index is 1.34. The van der Waals surface area contributed by atoms with Gasteiger partial charge in [-0.1, -0.05) is 42.2 Å². The highest BCUT2D eigenvalue weighted by atomic mass is 16.5. The van der Waals surface area contributed by atoms with Gasteiger partial charge in [0.15, 0.2) is 0 Å². The number of benzene rings is 1. The van der Waals surface area contributed by atoms with Gasteiger partial charge < -0.3 is 9.64 Å². The van der Waals surface area contributed by atoms with E-state index >= 15 is 0 Å². The number of rotatable bonds is 4. The van der Waals surface area contributed by atoms with Crippen LogP contribution in [0.1, 0.15) is 17.5 Å². The summed E-state index contributed by atoms with van der Waals surface area (Å²) in [6.45, 7) is 4.53. The van der Waals surface area contributed by atoms with Crippen LogP contribution < -0.4 is 4.74 Å². The van der Waals surface area contributed by atoms with Gasteiger partial charge in [-0.15, -0.1) is 0 Å². The monoisotopic (exact) mass is 372 g/mol. The Hall–Kier alpha value is -3.10. The third kappa shape index (κ3) is 4.59. The first kappa shape index (κ1) is 18.3. The minimum Gasteiger partial charge on any atom is -0.481 e. The number of aliphatic imine (C=N–C) groups is 1. The van der Waals surface area contributed by atoms with Crippen LogP contribution >= 0.6 is 0 Å². The highest BCUT2D eigenvalue weighted by Crippen LogP contribution is 2.23. The molecule has 2 aliphatic rings. The highest BCUT2D eigenvalue weighted by molar-refractivity contribution is 5.60. The van der Waals surface area contributed by atoms with E-state index in [0.717, 1.165) is 44.7 Å². The van der Waals surface area contributed by atoms with E-state index in [1.165, 1.54) is 16.8 Å². The summed E-state index contributed by atoms with van der Waals surface area (Å²) in [5.74, 6) is 7.10. The molecular weight excluding hydrogens is 348 g/mol. The van der Waals surface area contributed by atoms with E-state index in [1.807, 2.05) is 18.5 Å². The highest BCUT2D eigenvalue weighted by Gasteiger charge is 2.22. The fourth-order valence-electron chi connectivity index (χ4n) is 3.52. The molecule has 0 bridgehead atoms. The molecule has 0 N–H and O–H groups in total. The third-order valence-corrected chi connectivity index (χ3v) is 4.97. The zero-order valence-electron chi connectivity index (χ0n) is 16.1. The molecule has 1 aromatic carbocycles. The number of ether oxygens (including phenoxy) is 1. The van der Waals surface area contributed by atoms with E-state index in [2.05, 4.69) is 57.0 Å². The minimum absolute atomic E-state index is 0.596. The van der Waals surface area contributed by atoms with E-state index in [4.69, 9.17) is 9.73 Å². The van der Waals surface area contributed by atoms with E-state index in [-0.39, 0.29) is 0 Å². The van der Waals surface area contributed by atoms with Crippen LogP contribution in [0.15, 0.2) is 64.9 Å². The first-order chi connectivity index (χ1) is 13.8. The summed E-state index contributed by atoms with van der Waals surface area (Å²) in [6.07, 6.45) is 4.72. The number of pyridine rings is 1. The molecule has 4 rings (SSSR count). The van der Waals surface area contributed by atoms with Crippen LogP contribution in [0.5, 0.6) is 5.88 Å². The number of hydrogen-bond acceptors (Lipinski definition) is 5. The SMILES string of the molecule is COc1cc(C#CCN2CCC3=C(CN(Cc4ccccc4)C=N3)C2)ccn1. The summed E-state index contributed by atoms with van der Waals surface area (Å²) in [5, 5.41) is 0. The van der Waals surface area contributed by atoms with Gasteiger partial charge in [0.2, 0.25) is 5.88 Å². The standard InChI is InChI=1S/C23H24N4O/c1-28-23-14-19(9-11-24-23)8-5-12-26-13-10-22-21(16-26)17-27(18-25-22)15-20-6-3-2-4-7-20/h2-4,6-7,9,11,14,18H,10,12-13,15-17H2,1H3. The molecule has 2 aliphatic heterocycles. The fourth-order valence-corrected chi connectivity index (χ4v) is 3.52. The summed E-state index contributed by atoms with van der Waals surface area (Å²) < 4.78 is 5.15. The van der Waals surface area contributed by atoms with Crippen molar-refractivity contribution in [1.29, 1.82) is 0 Å². The Kier molecular flexibility index (Phi) is 5.69. The van der Waals surface area contributed by atoms with Gasteiger partial charge in [-0.3, -0.25) is 4.90 Å². The Bertz CT molecular complexity index is 940. The van der Waals surface area contributed by atoms with Crippen molar-refractivity contribution in [2.24, 2.45) is 4.99 Å². The molecule has 5 nitrogen and oxygen atoms in total. The summed E-state index contributed by atoms with van der Waals surface area (Å²) >= 11 is 0. The Morgan fingerprint density at radius 1 is 1.14 bits per heavy atom. The number of nitrogens with zero attached hydrogens (tertiary/aromatic N) is 4. The summed E-state index contributed by atoms with van der Waals surface area (Å²) in [7, 11) is 1.62. The van der Waals surface area contributed by atoms with Crippen molar-refractivity contribution < 1.29 is 4.74 Å². The maximum absolute atomic E-state index is 5.15. The zero-order valence-corrected chi connectivity index (χ0v) is 16.1. The molecule has 0 radical (unpaired) electrons. The molecule has 5 heteroatoms. The van der Waals surface area contributed by atoms with Gasteiger partial charge in [0.1, 0.15) is 0 Å². The Labute approximate surface area is 166 Å². The number of hydrogen-bond donors (Lipinski definition) is 0. The van der Waals surface area contributed by atoms with Gasteiger partial charge in [0, 0.05) is 56.1 Å². The first-order valence-corrected chi connectivity index (χ1v) is 9.54. The maximum Gasteiger partial charge on any atom is 0.214 e. The van der Waals surface area contributed by atoms with E-state index in [0.29, 0.717) is 5.88 Å². The summed E-state index contributed by atoms with van der Waals surface area (Å²) in [4.78, 5) is 13.5. The number of aromatic nitrogens is 1. The fraction of sp³-hybridized carbons (Fsp3) is 0.304. The topological polar surface area (TPSA) is 41.0 Å². The summed E-state index contributed by atoms with van der Waals surface area (Å²) in [5.41, 5.74) is 4.91. The molecule has 2 aromatic rings. The average Bonchev–Trinajstić information content (AvgIpc) is 2.74. The van der Waals surface area contributed by atoms with Crippen molar-refractivity contribution in [3.05, 3.63) is 71.1 Å². The molecule has 0 atom stereocenters. The molecule has 0 aliphatic carbocycles. The molecule has 0 spiro atoms. The van der Waals surface area contributed by atoms with E-state index in [1.54, 1.807) is 13.3 Å². The molecule has 28 heavy (non-hydrogen) atoms. The van der Waals surface area contributed by atoms with Crippen LogP contribution in [-0.4, -0.2) is 54.4 Å². The quantitative estimate of drug-likeness (QED) is 0.774. The lowest BCUT2D eigenvalue weighted by Gasteiger charge is -2.33. The van der Waals surface area contributed by atoms with Gasteiger partial charge in [0.05, 0.1) is 20.0 Å².